The standard InChI is InChI=1S/C9H12F2N2S/c1-7-6-12-9(13(7)2)14-5-3-4-8(10)11/h4,6H,3,5H2,1-2H3. The van der Waals surface area contributed by atoms with Crippen molar-refractivity contribution < 1.29 is 8.78 Å². The van der Waals surface area contributed by atoms with E-state index in [1.807, 2.05) is 18.5 Å². The second-order valence-corrected chi connectivity index (χ2v) is 3.93. The zero-order chi connectivity index (χ0) is 10.6. The Bertz CT molecular complexity index is 330. The number of aromatic nitrogens is 2. The highest BCUT2D eigenvalue weighted by atomic mass is 32.2. The summed E-state index contributed by atoms with van der Waals surface area (Å²) in [7, 11) is 1.91. The first kappa shape index (κ1) is 11.2. The zero-order valence-electron chi connectivity index (χ0n) is 8.13. The van der Waals surface area contributed by atoms with Gasteiger partial charge in [-0.25, -0.2) is 4.98 Å². The number of hydrogen-bond donors (Lipinski definition) is 0. The van der Waals surface area contributed by atoms with Crippen LogP contribution in [-0.4, -0.2) is 15.3 Å². The number of thioether (sulfide) groups is 1. The van der Waals surface area contributed by atoms with Crippen molar-refractivity contribution in [3.8, 4) is 0 Å². The number of rotatable bonds is 4. The molecule has 1 aromatic rings. The normalized spacial score (nSPS) is 10.3. The van der Waals surface area contributed by atoms with Crippen LogP contribution in [0.2, 0.25) is 0 Å². The molecule has 1 aromatic heterocycles. The van der Waals surface area contributed by atoms with E-state index in [0.717, 1.165) is 16.9 Å². The quantitative estimate of drug-likeness (QED) is 0.571. The second-order valence-electron chi connectivity index (χ2n) is 2.87. The zero-order valence-corrected chi connectivity index (χ0v) is 8.94. The molecule has 0 radical (unpaired) electrons. The van der Waals surface area contributed by atoms with E-state index in [1.165, 1.54) is 11.8 Å². The van der Waals surface area contributed by atoms with Crippen LogP contribution in [0.1, 0.15) is 12.1 Å². The van der Waals surface area contributed by atoms with Crippen LogP contribution >= 0.6 is 11.8 Å². The summed E-state index contributed by atoms with van der Waals surface area (Å²) in [6.45, 7) is 1.96. The molecule has 0 N–H and O–H groups in total. The molecule has 0 aromatic carbocycles. The monoisotopic (exact) mass is 218 g/mol. The Morgan fingerprint density at radius 1 is 1.64 bits per heavy atom. The van der Waals surface area contributed by atoms with Crippen molar-refractivity contribution in [2.24, 2.45) is 7.05 Å². The highest BCUT2D eigenvalue weighted by molar-refractivity contribution is 7.99. The maximum Gasteiger partial charge on any atom is 0.266 e. The fourth-order valence-electron chi connectivity index (χ4n) is 0.925. The third-order valence-corrected chi connectivity index (χ3v) is 2.90. The predicted molar refractivity (Wildman–Crippen MR) is 53.6 cm³/mol. The van der Waals surface area contributed by atoms with Crippen molar-refractivity contribution in [3.63, 3.8) is 0 Å². The lowest BCUT2D eigenvalue weighted by atomic mass is 10.5. The van der Waals surface area contributed by atoms with Crippen LogP contribution in [0.4, 0.5) is 8.78 Å². The summed E-state index contributed by atoms with van der Waals surface area (Å²) in [6, 6.07) is 0. The fraction of sp³-hybridized carbons (Fsp3) is 0.444. The summed E-state index contributed by atoms with van der Waals surface area (Å²) in [4.78, 5) is 4.15. The lowest BCUT2D eigenvalue weighted by Crippen LogP contribution is -1.93. The molecule has 0 amide bonds. The Balaban J connectivity index is 2.39. The molecule has 0 saturated heterocycles. The number of halogens is 2. The summed E-state index contributed by atoms with van der Waals surface area (Å²) < 4.78 is 25.3. The van der Waals surface area contributed by atoms with Gasteiger partial charge < -0.3 is 4.57 Å². The van der Waals surface area contributed by atoms with E-state index >= 15 is 0 Å². The van der Waals surface area contributed by atoms with Crippen LogP contribution in [0.3, 0.4) is 0 Å². The minimum absolute atomic E-state index is 0.374. The van der Waals surface area contributed by atoms with Crippen molar-refractivity contribution in [3.05, 3.63) is 24.0 Å². The Labute approximate surface area is 86.0 Å². The van der Waals surface area contributed by atoms with E-state index < -0.39 is 6.08 Å². The van der Waals surface area contributed by atoms with E-state index in [4.69, 9.17) is 0 Å². The van der Waals surface area contributed by atoms with Gasteiger partial charge in [0.2, 0.25) is 0 Å². The van der Waals surface area contributed by atoms with E-state index in [2.05, 4.69) is 4.98 Å². The summed E-state index contributed by atoms with van der Waals surface area (Å²) >= 11 is 1.48. The first-order valence-corrected chi connectivity index (χ1v) is 5.22. The lowest BCUT2D eigenvalue weighted by molar-refractivity contribution is 0.418. The van der Waals surface area contributed by atoms with Gasteiger partial charge in [0.1, 0.15) is 0 Å². The molecule has 0 unspecified atom stereocenters. The molecule has 1 rings (SSSR count). The maximum atomic E-state index is 11.7. The van der Waals surface area contributed by atoms with E-state index in [0.29, 0.717) is 12.2 Å². The Morgan fingerprint density at radius 3 is 2.86 bits per heavy atom. The average molecular weight is 218 g/mol. The van der Waals surface area contributed by atoms with Crippen molar-refractivity contribution in [2.75, 3.05) is 5.75 Å². The SMILES string of the molecule is Cc1cnc(SCCC=C(F)F)n1C. The highest BCUT2D eigenvalue weighted by Crippen LogP contribution is 2.18. The van der Waals surface area contributed by atoms with Gasteiger partial charge >= 0.3 is 0 Å². The molecule has 0 bridgehead atoms. The van der Waals surface area contributed by atoms with Crippen molar-refractivity contribution in [2.45, 2.75) is 18.5 Å². The number of hydrogen-bond acceptors (Lipinski definition) is 2. The minimum atomic E-state index is -1.61. The molecule has 0 aliphatic carbocycles. The van der Waals surface area contributed by atoms with Gasteiger partial charge in [-0.1, -0.05) is 11.8 Å². The second kappa shape index (κ2) is 5.14. The Hall–Kier alpha value is -0.840. The number of nitrogens with zero attached hydrogens (tertiary/aromatic N) is 2. The van der Waals surface area contributed by atoms with Gasteiger partial charge in [0.25, 0.3) is 6.08 Å². The summed E-state index contributed by atoms with van der Waals surface area (Å²) in [6.07, 6.45) is 1.47. The first-order valence-electron chi connectivity index (χ1n) is 4.23. The van der Waals surface area contributed by atoms with Gasteiger partial charge in [-0.2, -0.15) is 8.78 Å². The smallest absolute Gasteiger partial charge is 0.266 e. The first-order chi connectivity index (χ1) is 6.61. The molecule has 0 aliphatic rings. The summed E-state index contributed by atoms with van der Waals surface area (Å²) in [5, 5.41) is 0.871. The number of allylic oxidation sites excluding steroid dienone is 1. The number of imidazole rings is 1. The third-order valence-electron chi connectivity index (χ3n) is 1.83. The van der Waals surface area contributed by atoms with Crippen LogP contribution in [0.15, 0.2) is 23.5 Å². The van der Waals surface area contributed by atoms with Gasteiger partial charge in [-0.3, -0.25) is 0 Å². The highest BCUT2D eigenvalue weighted by Gasteiger charge is 2.02. The molecule has 0 spiro atoms. The molecular weight excluding hydrogens is 206 g/mol. The fourth-order valence-corrected chi connectivity index (χ4v) is 1.81. The minimum Gasteiger partial charge on any atom is -0.327 e. The molecule has 0 fully saturated rings. The van der Waals surface area contributed by atoms with Gasteiger partial charge in [-0.05, 0) is 19.4 Å². The Morgan fingerprint density at radius 2 is 2.36 bits per heavy atom. The van der Waals surface area contributed by atoms with Gasteiger partial charge in [0.05, 0.1) is 0 Å². The lowest BCUT2D eigenvalue weighted by Gasteiger charge is -2.00. The largest absolute Gasteiger partial charge is 0.327 e. The summed E-state index contributed by atoms with van der Waals surface area (Å²) in [5.74, 6) is 0.627. The van der Waals surface area contributed by atoms with Crippen LogP contribution < -0.4 is 0 Å². The van der Waals surface area contributed by atoms with Crippen LogP contribution in [0.5, 0.6) is 0 Å². The molecule has 0 atom stereocenters. The summed E-state index contributed by atoms with van der Waals surface area (Å²) in [5.41, 5.74) is 1.07. The van der Waals surface area contributed by atoms with E-state index in [-0.39, 0.29) is 0 Å². The van der Waals surface area contributed by atoms with Crippen molar-refractivity contribution >= 4 is 11.8 Å². The van der Waals surface area contributed by atoms with Gasteiger partial charge in [-0.15, -0.1) is 0 Å². The van der Waals surface area contributed by atoms with Crippen molar-refractivity contribution in [1.82, 2.24) is 9.55 Å². The maximum absolute atomic E-state index is 11.7. The van der Waals surface area contributed by atoms with E-state index in [1.54, 1.807) is 6.20 Å². The van der Waals surface area contributed by atoms with Gasteiger partial charge in [0.15, 0.2) is 5.16 Å². The topological polar surface area (TPSA) is 17.8 Å². The van der Waals surface area contributed by atoms with Gasteiger partial charge in [0, 0.05) is 24.7 Å². The predicted octanol–water partition coefficient (Wildman–Crippen LogP) is 2.99. The Kier molecular flexibility index (Phi) is 4.13. The molecule has 1 heterocycles. The molecule has 0 aliphatic heterocycles. The van der Waals surface area contributed by atoms with Crippen LogP contribution in [0, 0.1) is 6.92 Å². The third kappa shape index (κ3) is 3.14. The molecule has 0 saturated carbocycles. The van der Waals surface area contributed by atoms with Crippen molar-refractivity contribution in [1.29, 1.82) is 0 Å². The van der Waals surface area contributed by atoms with Crippen LogP contribution in [0.25, 0.3) is 0 Å². The molecule has 78 valence electrons. The van der Waals surface area contributed by atoms with Crippen LogP contribution in [-0.2, 0) is 7.05 Å². The number of aryl methyl sites for hydroxylation is 1. The molecule has 5 heteroatoms. The molecule has 2 nitrogen and oxygen atoms in total. The molecular formula is C9H12F2N2S. The van der Waals surface area contributed by atoms with E-state index in [9.17, 15) is 8.78 Å². The average Bonchev–Trinajstić information content (AvgIpc) is 2.43. The molecule has 14 heavy (non-hydrogen) atoms.